The number of aliphatic carboxylic acids is 2. The molecule has 0 amide bonds. The third-order valence-electron chi connectivity index (χ3n) is 3.68. The Morgan fingerprint density at radius 3 is 1.84 bits per heavy atom. The lowest BCUT2D eigenvalue weighted by Crippen LogP contribution is -2.21. The largest absolute Gasteiger partial charge is 0.490 e. The number of imidazole rings is 1. The number of halogens is 6. The van der Waals surface area contributed by atoms with Gasteiger partial charge in [0.1, 0.15) is 5.82 Å². The highest BCUT2D eigenvalue weighted by Gasteiger charge is 2.38. The number of benzene rings is 1. The summed E-state index contributed by atoms with van der Waals surface area (Å²) in [6, 6.07) is 8.58. The van der Waals surface area contributed by atoms with Crippen LogP contribution in [0.3, 0.4) is 0 Å². The zero-order valence-corrected chi connectivity index (χ0v) is 17.4. The lowest BCUT2D eigenvalue weighted by atomic mass is 10.1. The van der Waals surface area contributed by atoms with Gasteiger partial charge < -0.3 is 15.2 Å². The third-order valence-corrected chi connectivity index (χ3v) is 3.68. The lowest BCUT2D eigenvalue weighted by Gasteiger charge is -2.15. The van der Waals surface area contributed by atoms with E-state index in [2.05, 4.69) is 53.1 Å². The molecule has 2 rings (SSSR count). The normalized spacial score (nSPS) is 11.2. The van der Waals surface area contributed by atoms with Gasteiger partial charge in [-0.05, 0) is 38.4 Å². The van der Waals surface area contributed by atoms with Crippen molar-refractivity contribution in [2.75, 3.05) is 13.6 Å². The van der Waals surface area contributed by atoms with Crippen LogP contribution >= 0.6 is 0 Å². The molecule has 0 saturated heterocycles. The molecule has 180 valence electrons. The summed E-state index contributed by atoms with van der Waals surface area (Å²) in [5.74, 6) is -4.47. The first-order valence-corrected chi connectivity index (χ1v) is 8.87. The van der Waals surface area contributed by atoms with Crippen molar-refractivity contribution in [1.29, 1.82) is 0 Å². The number of aromatic nitrogens is 2. The summed E-state index contributed by atoms with van der Waals surface area (Å²) < 4.78 is 63.5. The van der Waals surface area contributed by atoms with E-state index < -0.39 is 24.3 Å². The van der Waals surface area contributed by atoms with E-state index in [1.165, 1.54) is 11.1 Å². The number of alkyl halides is 6. The number of carboxylic acid groups (broad SMARTS) is 2. The summed E-state index contributed by atoms with van der Waals surface area (Å²) in [4.78, 5) is 27.7. The van der Waals surface area contributed by atoms with Crippen LogP contribution in [0.5, 0.6) is 0 Å². The summed E-state index contributed by atoms with van der Waals surface area (Å²) in [6.45, 7) is 6.12. The van der Waals surface area contributed by atoms with Crippen molar-refractivity contribution in [3.05, 3.63) is 53.1 Å². The number of carbonyl (C=O) groups is 2. The molecule has 1 aromatic heterocycles. The lowest BCUT2D eigenvalue weighted by molar-refractivity contribution is -0.193. The Morgan fingerprint density at radius 2 is 1.47 bits per heavy atom. The average Bonchev–Trinajstić information content (AvgIpc) is 3.05. The summed E-state index contributed by atoms with van der Waals surface area (Å²) in [5.41, 5.74) is 3.93. The SMILES string of the molecule is Cc1cnc(CN(C)CCc2ccccc2C)[nH]1.O=C(O)C(F)(F)F.O=C(O)C(F)(F)F. The molecule has 0 radical (unpaired) electrons. The molecule has 1 heterocycles. The Bertz CT molecular complexity index is 841. The standard InChI is InChI=1S/C15H21N3.2C2HF3O2/c1-12-6-4-5-7-14(12)8-9-18(3)11-15-16-10-13(2)17-15;2*3-2(4,5)1(6)7/h4-7,10H,8-9,11H2,1-3H3,(H,16,17);2*(H,6,7). The fraction of sp³-hybridized carbons (Fsp3) is 0.421. The highest BCUT2D eigenvalue weighted by Crippen LogP contribution is 2.13. The van der Waals surface area contributed by atoms with Crippen LogP contribution in [0.25, 0.3) is 0 Å². The molecule has 3 N–H and O–H groups in total. The number of aromatic amines is 1. The Labute approximate surface area is 179 Å². The van der Waals surface area contributed by atoms with Gasteiger partial charge in [-0.15, -0.1) is 0 Å². The Balaban J connectivity index is 0.000000570. The van der Waals surface area contributed by atoms with Gasteiger partial charge in [0.15, 0.2) is 0 Å². The van der Waals surface area contributed by atoms with E-state index in [1.807, 2.05) is 13.1 Å². The van der Waals surface area contributed by atoms with E-state index in [1.54, 1.807) is 0 Å². The van der Waals surface area contributed by atoms with Crippen LogP contribution in [-0.4, -0.2) is 63.0 Å². The van der Waals surface area contributed by atoms with Gasteiger partial charge in [-0.2, -0.15) is 26.3 Å². The van der Waals surface area contributed by atoms with Crippen molar-refractivity contribution in [1.82, 2.24) is 14.9 Å². The van der Waals surface area contributed by atoms with Crippen molar-refractivity contribution in [3.8, 4) is 0 Å². The molecule has 7 nitrogen and oxygen atoms in total. The van der Waals surface area contributed by atoms with Crippen LogP contribution in [0.4, 0.5) is 26.3 Å². The average molecular weight is 471 g/mol. The van der Waals surface area contributed by atoms with E-state index in [9.17, 15) is 26.3 Å². The van der Waals surface area contributed by atoms with Crippen molar-refractivity contribution in [2.24, 2.45) is 0 Å². The van der Waals surface area contributed by atoms with Crippen molar-refractivity contribution < 1.29 is 46.1 Å². The highest BCUT2D eigenvalue weighted by atomic mass is 19.4. The molecule has 32 heavy (non-hydrogen) atoms. The Hall–Kier alpha value is -3.09. The first kappa shape index (κ1) is 28.9. The van der Waals surface area contributed by atoms with E-state index in [0.29, 0.717) is 0 Å². The molecule has 0 aliphatic carbocycles. The third kappa shape index (κ3) is 12.6. The van der Waals surface area contributed by atoms with Crippen molar-refractivity contribution in [2.45, 2.75) is 39.2 Å². The monoisotopic (exact) mass is 471 g/mol. The van der Waals surface area contributed by atoms with Gasteiger partial charge in [0.25, 0.3) is 0 Å². The van der Waals surface area contributed by atoms with Gasteiger partial charge in [0.2, 0.25) is 0 Å². The Morgan fingerprint density at radius 1 is 1.00 bits per heavy atom. The quantitative estimate of drug-likeness (QED) is 0.570. The maximum atomic E-state index is 10.6. The number of nitrogens with zero attached hydrogens (tertiary/aromatic N) is 2. The van der Waals surface area contributed by atoms with Crippen molar-refractivity contribution in [3.63, 3.8) is 0 Å². The summed E-state index contributed by atoms with van der Waals surface area (Å²) in [5, 5.41) is 14.2. The minimum Gasteiger partial charge on any atom is -0.475 e. The second-order valence-corrected chi connectivity index (χ2v) is 6.53. The molecular formula is C19H23F6N3O4. The number of carboxylic acids is 2. The predicted octanol–water partition coefficient (Wildman–Crippen LogP) is 3.97. The second kappa shape index (κ2) is 12.7. The summed E-state index contributed by atoms with van der Waals surface area (Å²) in [7, 11) is 2.14. The van der Waals surface area contributed by atoms with Crippen LogP contribution in [0.2, 0.25) is 0 Å². The van der Waals surface area contributed by atoms with Crippen LogP contribution in [0.15, 0.2) is 30.5 Å². The Kier molecular flexibility index (Phi) is 11.5. The number of aryl methyl sites for hydroxylation is 2. The fourth-order valence-electron chi connectivity index (χ4n) is 2.08. The van der Waals surface area contributed by atoms with Crippen LogP contribution < -0.4 is 0 Å². The summed E-state index contributed by atoms with van der Waals surface area (Å²) >= 11 is 0. The predicted molar refractivity (Wildman–Crippen MR) is 102 cm³/mol. The van der Waals surface area contributed by atoms with E-state index >= 15 is 0 Å². The molecule has 1 aromatic carbocycles. The minimum atomic E-state index is -5.08. The molecule has 0 aliphatic heterocycles. The maximum absolute atomic E-state index is 10.6. The smallest absolute Gasteiger partial charge is 0.475 e. The van der Waals surface area contributed by atoms with E-state index in [0.717, 1.165) is 31.0 Å². The maximum Gasteiger partial charge on any atom is 0.490 e. The van der Waals surface area contributed by atoms with Gasteiger partial charge in [0, 0.05) is 18.4 Å². The second-order valence-electron chi connectivity index (χ2n) is 6.53. The van der Waals surface area contributed by atoms with Gasteiger partial charge in [-0.3, -0.25) is 4.90 Å². The topological polar surface area (TPSA) is 107 Å². The molecule has 0 fully saturated rings. The zero-order valence-electron chi connectivity index (χ0n) is 17.4. The zero-order chi connectivity index (χ0) is 25.1. The van der Waals surface area contributed by atoms with Crippen LogP contribution in [-0.2, 0) is 22.6 Å². The number of H-pyrrole nitrogens is 1. The molecule has 0 unspecified atom stereocenters. The molecule has 0 aliphatic rings. The molecule has 0 bridgehead atoms. The number of hydrogen-bond donors (Lipinski definition) is 3. The first-order chi connectivity index (χ1) is 14.5. The molecule has 0 atom stereocenters. The molecular weight excluding hydrogens is 448 g/mol. The number of likely N-dealkylation sites (N-methyl/N-ethyl adjacent to an activating group) is 1. The minimum absolute atomic E-state index is 0.875. The van der Waals surface area contributed by atoms with Crippen LogP contribution in [0.1, 0.15) is 22.6 Å². The van der Waals surface area contributed by atoms with Gasteiger partial charge in [-0.25, -0.2) is 14.6 Å². The number of hydrogen-bond acceptors (Lipinski definition) is 4. The van der Waals surface area contributed by atoms with E-state index in [-0.39, 0.29) is 0 Å². The molecule has 2 aromatic rings. The first-order valence-electron chi connectivity index (χ1n) is 8.87. The van der Waals surface area contributed by atoms with Gasteiger partial charge in [-0.1, -0.05) is 24.3 Å². The number of rotatable bonds is 5. The highest BCUT2D eigenvalue weighted by molar-refractivity contribution is 5.73. The van der Waals surface area contributed by atoms with Crippen molar-refractivity contribution >= 4 is 11.9 Å². The molecule has 0 saturated carbocycles. The van der Waals surface area contributed by atoms with Crippen LogP contribution in [0, 0.1) is 13.8 Å². The van der Waals surface area contributed by atoms with Gasteiger partial charge in [0.05, 0.1) is 6.54 Å². The molecule has 13 heteroatoms. The summed E-state index contributed by atoms with van der Waals surface area (Å²) in [6.07, 6.45) is -7.20. The molecule has 0 spiro atoms. The number of nitrogens with one attached hydrogen (secondary N) is 1. The van der Waals surface area contributed by atoms with E-state index in [4.69, 9.17) is 19.8 Å². The van der Waals surface area contributed by atoms with Gasteiger partial charge >= 0.3 is 24.3 Å². The fourth-order valence-corrected chi connectivity index (χ4v) is 2.08.